The molecule has 2 aromatic carbocycles. The van der Waals surface area contributed by atoms with Crippen LogP contribution in [0.1, 0.15) is 0 Å². The fourth-order valence-corrected chi connectivity index (χ4v) is 3.14. The van der Waals surface area contributed by atoms with E-state index in [0.29, 0.717) is 0 Å². The smallest absolute Gasteiger partial charge is 0.124 e. The van der Waals surface area contributed by atoms with Gasteiger partial charge in [0.15, 0.2) is 0 Å². The van der Waals surface area contributed by atoms with Gasteiger partial charge >= 0.3 is 0 Å². The molecule has 0 aliphatic rings. The predicted octanol–water partition coefficient (Wildman–Crippen LogP) is 4.44. The molecule has 3 heteroatoms. The van der Waals surface area contributed by atoms with Crippen LogP contribution in [0.4, 0.5) is 0 Å². The van der Waals surface area contributed by atoms with Crippen LogP contribution in [0.3, 0.4) is 0 Å². The molecule has 2 nitrogen and oxygen atoms in total. The lowest BCUT2D eigenvalue weighted by molar-refractivity contribution is 1.47. The van der Waals surface area contributed by atoms with Gasteiger partial charge in [0, 0.05) is 22.7 Å². The molecule has 0 saturated carbocycles. The number of hydrogen-bond acceptors (Lipinski definition) is 2. The highest BCUT2D eigenvalue weighted by Crippen LogP contribution is 2.31. The molecule has 0 spiro atoms. The molecular weight excluding hydrogens is 240 g/mol. The summed E-state index contributed by atoms with van der Waals surface area (Å²) < 4.78 is 1.24. The van der Waals surface area contributed by atoms with Crippen molar-refractivity contribution in [3.8, 4) is 10.6 Å². The van der Waals surface area contributed by atoms with Crippen molar-refractivity contribution in [1.29, 1.82) is 0 Å². The van der Waals surface area contributed by atoms with Crippen LogP contribution in [0.25, 0.3) is 31.7 Å². The average Bonchev–Trinajstić information content (AvgIpc) is 3.04. The van der Waals surface area contributed by atoms with Gasteiger partial charge in [-0.25, -0.2) is 4.98 Å². The monoisotopic (exact) mass is 250 g/mol. The highest BCUT2D eigenvalue weighted by Gasteiger charge is 2.06. The molecule has 0 unspecified atom stereocenters. The summed E-state index contributed by atoms with van der Waals surface area (Å²) in [7, 11) is 0. The van der Waals surface area contributed by atoms with Gasteiger partial charge < -0.3 is 4.98 Å². The molecule has 0 fully saturated rings. The summed E-state index contributed by atoms with van der Waals surface area (Å²) in [5.41, 5.74) is 3.43. The second kappa shape index (κ2) is 3.68. The van der Waals surface area contributed by atoms with E-state index in [2.05, 4.69) is 52.4 Å². The Morgan fingerprint density at radius 1 is 1.00 bits per heavy atom. The number of H-pyrrole nitrogens is 1. The van der Waals surface area contributed by atoms with Gasteiger partial charge in [0.1, 0.15) is 5.01 Å². The van der Waals surface area contributed by atoms with Crippen molar-refractivity contribution in [1.82, 2.24) is 9.97 Å². The molecule has 0 aliphatic heterocycles. The van der Waals surface area contributed by atoms with E-state index in [1.807, 2.05) is 12.3 Å². The van der Waals surface area contributed by atoms with Gasteiger partial charge in [-0.15, -0.1) is 11.3 Å². The highest BCUT2D eigenvalue weighted by atomic mass is 32.1. The Kier molecular flexibility index (Phi) is 2.02. The van der Waals surface area contributed by atoms with Gasteiger partial charge in [0.25, 0.3) is 0 Å². The maximum absolute atomic E-state index is 4.68. The molecule has 0 amide bonds. The lowest BCUT2D eigenvalue weighted by Crippen LogP contribution is -1.75. The molecule has 18 heavy (non-hydrogen) atoms. The molecular formula is C15H10N2S. The zero-order chi connectivity index (χ0) is 11.9. The topological polar surface area (TPSA) is 28.7 Å². The van der Waals surface area contributed by atoms with Crippen molar-refractivity contribution in [2.24, 2.45) is 0 Å². The third-order valence-electron chi connectivity index (χ3n) is 3.09. The quantitative estimate of drug-likeness (QED) is 0.531. The standard InChI is InChI=1S/C15H10N2S/c1-2-4-14-13(3-1)17-15(18-14)11-5-6-12-10(9-11)7-8-16-12/h1-9,16H. The number of benzene rings is 2. The van der Waals surface area contributed by atoms with E-state index >= 15 is 0 Å². The molecule has 0 radical (unpaired) electrons. The number of rotatable bonds is 1. The lowest BCUT2D eigenvalue weighted by Gasteiger charge is -1.96. The second-order valence-electron chi connectivity index (χ2n) is 4.27. The minimum absolute atomic E-state index is 1.08. The molecule has 2 aromatic heterocycles. The van der Waals surface area contributed by atoms with Crippen molar-refractivity contribution >= 4 is 32.5 Å². The molecule has 1 N–H and O–H groups in total. The fraction of sp³-hybridized carbons (Fsp3) is 0. The van der Waals surface area contributed by atoms with Crippen LogP contribution < -0.4 is 0 Å². The number of aromatic nitrogens is 2. The van der Waals surface area contributed by atoms with Crippen LogP contribution in [0.15, 0.2) is 54.7 Å². The van der Waals surface area contributed by atoms with Gasteiger partial charge in [0.05, 0.1) is 10.2 Å². The second-order valence-corrected chi connectivity index (χ2v) is 5.30. The SMILES string of the molecule is c1ccc2sc(-c3ccc4[nH]ccc4c3)nc2c1. The first-order chi connectivity index (χ1) is 8.90. The van der Waals surface area contributed by atoms with Crippen molar-refractivity contribution in [2.45, 2.75) is 0 Å². The van der Waals surface area contributed by atoms with Gasteiger partial charge in [-0.3, -0.25) is 0 Å². The molecule has 0 saturated heterocycles. The van der Waals surface area contributed by atoms with E-state index in [4.69, 9.17) is 0 Å². The van der Waals surface area contributed by atoms with Crippen LogP contribution in [0.2, 0.25) is 0 Å². The number of para-hydroxylation sites is 1. The molecule has 4 aromatic rings. The zero-order valence-electron chi connectivity index (χ0n) is 9.55. The van der Waals surface area contributed by atoms with Gasteiger partial charge in [-0.2, -0.15) is 0 Å². The molecule has 2 heterocycles. The maximum atomic E-state index is 4.68. The van der Waals surface area contributed by atoms with E-state index < -0.39 is 0 Å². The largest absolute Gasteiger partial charge is 0.361 e. The highest BCUT2D eigenvalue weighted by molar-refractivity contribution is 7.21. The Morgan fingerprint density at radius 2 is 1.94 bits per heavy atom. The Bertz CT molecular complexity index is 809. The summed E-state index contributed by atoms with van der Waals surface area (Å²) in [4.78, 5) is 7.89. The number of nitrogens with one attached hydrogen (secondary N) is 1. The third kappa shape index (κ3) is 1.45. The lowest BCUT2D eigenvalue weighted by atomic mass is 10.2. The molecule has 0 aliphatic carbocycles. The minimum Gasteiger partial charge on any atom is -0.361 e. The van der Waals surface area contributed by atoms with Crippen LogP contribution >= 0.6 is 11.3 Å². The van der Waals surface area contributed by atoms with Gasteiger partial charge in [0.2, 0.25) is 0 Å². The Labute approximate surface area is 108 Å². The van der Waals surface area contributed by atoms with Crippen LogP contribution in [-0.2, 0) is 0 Å². The molecule has 0 atom stereocenters. The average molecular weight is 250 g/mol. The predicted molar refractivity (Wildman–Crippen MR) is 76.9 cm³/mol. The van der Waals surface area contributed by atoms with Gasteiger partial charge in [-0.05, 0) is 36.4 Å². The van der Waals surface area contributed by atoms with Gasteiger partial charge in [-0.1, -0.05) is 12.1 Å². The molecule has 0 bridgehead atoms. The summed E-state index contributed by atoms with van der Waals surface area (Å²) in [5, 5.41) is 2.31. The van der Waals surface area contributed by atoms with Crippen LogP contribution in [-0.4, -0.2) is 9.97 Å². The molecule has 4 rings (SSSR count). The van der Waals surface area contributed by atoms with Crippen molar-refractivity contribution in [2.75, 3.05) is 0 Å². The number of nitrogens with zero attached hydrogens (tertiary/aromatic N) is 1. The maximum Gasteiger partial charge on any atom is 0.124 e. The summed E-state index contributed by atoms with van der Waals surface area (Å²) >= 11 is 1.74. The first kappa shape index (κ1) is 9.85. The number of thiazole rings is 1. The third-order valence-corrected chi connectivity index (χ3v) is 4.18. The number of hydrogen-bond donors (Lipinski definition) is 1. The normalized spacial score (nSPS) is 11.3. The number of fused-ring (bicyclic) bond motifs is 2. The van der Waals surface area contributed by atoms with Crippen LogP contribution in [0, 0.1) is 0 Å². The summed E-state index contributed by atoms with van der Waals surface area (Å²) in [6.07, 6.45) is 1.97. The van der Waals surface area contributed by atoms with E-state index in [9.17, 15) is 0 Å². The minimum atomic E-state index is 1.08. The Morgan fingerprint density at radius 3 is 2.89 bits per heavy atom. The Hall–Kier alpha value is -2.13. The zero-order valence-corrected chi connectivity index (χ0v) is 10.4. The summed E-state index contributed by atoms with van der Waals surface area (Å²) in [6.45, 7) is 0. The first-order valence-corrected chi connectivity index (χ1v) is 6.65. The summed E-state index contributed by atoms with van der Waals surface area (Å²) in [5.74, 6) is 0. The summed E-state index contributed by atoms with van der Waals surface area (Å²) in [6, 6.07) is 16.8. The van der Waals surface area contributed by atoms with E-state index in [-0.39, 0.29) is 0 Å². The van der Waals surface area contributed by atoms with E-state index in [0.717, 1.165) is 10.5 Å². The van der Waals surface area contributed by atoms with Crippen molar-refractivity contribution < 1.29 is 0 Å². The van der Waals surface area contributed by atoms with E-state index in [1.54, 1.807) is 11.3 Å². The fourth-order valence-electron chi connectivity index (χ4n) is 2.18. The number of aromatic amines is 1. The van der Waals surface area contributed by atoms with Crippen molar-refractivity contribution in [3.05, 3.63) is 54.7 Å². The van der Waals surface area contributed by atoms with Crippen molar-refractivity contribution in [3.63, 3.8) is 0 Å². The van der Waals surface area contributed by atoms with E-state index in [1.165, 1.54) is 21.2 Å². The van der Waals surface area contributed by atoms with Crippen LogP contribution in [0.5, 0.6) is 0 Å². The molecule has 86 valence electrons. The first-order valence-electron chi connectivity index (χ1n) is 5.83. The Balaban J connectivity index is 1.94.